The highest BCUT2D eigenvalue weighted by atomic mass is 16.5. The van der Waals surface area contributed by atoms with E-state index in [2.05, 4.69) is 5.16 Å². The van der Waals surface area contributed by atoms with Crippen LogP contribution in [0, 0.1) is 0 Å². The number of aliphatic hydroxyl groups is 1. The number of hydrogen-bond acceptors (Lipinski definition) is 4. The van der Waals surface area contributed by atoms with Crippen molar-refractivity contribution >= 4 is 5.82 Å². The molecule has 0 aliphatic rings. The van der Waals surface area contributed by atoms with Crippen molar-refractivity contribution in [1.82, 2.24) is 5.16 Å². The topological polar surface area (TPSA) is 72.3 Å². The number of nitrogen functional groups attached to an aromatic ring is 1. The van der Waals surface area contributed by atoms with Crippen molar-refractivity contribution in [2.24, 2.45) is 0 Å². The van der Waals surface area contributed by atoms with Crippen LogP contribution in [-0.2, 0) is 0 Å². The maximum Gasteiger partial charge on any atom is 0.169 e. The third-order valence-corrected chi connectivity index (χ3v) is 1.59. The maximum atomic E-state index is 7.57. The molecule has 0 radical (unpaired) electrons. The first-order valence-corrected chi connectivity index (χ1v) is 4.66. The van der Waals surface area contributed by atoms with Crippen LogP contribution in [0.1, 0.15) is 6.92 Å². The summed E-state index contributed by atoms with van der Waals surface area (Å²) in [5.41, 5.74) is 6.40. The predicted molar refractivity (Wildman–Crippen MR) is 59.1 cm³/mol. The van der Waals surface area contributed by atoms with Gasteiger partial charge < -0.3 is 15.4 Å². The lowest BCUT2D eigenvalue weighted by atomic mass is 10.2. The normalized spacial score (nSPS) is 9.20. The van der Waals surface area contributed by atoms with Crippen LogP contribution in [0.3, 0.4) is 0 Å². The number of hydrogen-bond donors (Lipinski definition) is 2. The Balaban J connectivity index is 0.000000337. The molecule has 4 heteroatoms. The van der Waals surface area contributed by atoms with Crippen LogP contribution < -0.4 is 5.73 Å². The maximum absolute atomic E-state index is 7.57. The molecule has 1 heterocycles. The first-order chi connectivity index (χ1) is 7.27. The molecule has 0 saturated carbocycles. The van der Waals surface area contributed by atoms with Gasteiger partial charge in [0.1, 0.15) is 0 Å². The molecule has 0 bridgehead atoms. The van der Waals surface area contributed by atoms with Gasteiger partial charge in [0.05, 0.1) is 0 Å². The second-order valence-corrected chi connectivity index (χ2v) is 2.80. The van der Waals surface area contributed by atoms with Gasteiger partial charge in [-0.3, -0.25) is 0 Å². The minimum Gasteiger partial charge on any atom is -0.397 e. The summed E-state index contributed by atoms with van der Waals surface area (Å²) in [4.78, 5) is 0. The lowest BCUT2D eigenvalue weighted by Crippen LogP contribution is -1.79. The molecule has 1 aromatic carbocycles. The zero-order valence-electron chi connectivity index (χ0n) is 8.55. The summed E-state index contributed by atoms with van der Waals surface area (Å²) in [7, 11) is 0. The quantitative estimate of drug-likeness (QED) is 0.747. The third-order valence-electron chi connectivity index (χ3n) is 1.59. The van der Waals surface area contributed by atoms with Crippen molar-refractivity contribution in [3.63, 3.8) is 0 Å². The van der Waals surface area contributed by atoms with Gasteiger partial charge in [-0.2, -0.15) is 0 Å². The lowest BCUT2D eigenvalue weighted by molar-refractivity contribution is 0.318. The van der Waals surface area contributed by atoms with Gasteiger partial charge in [0.15, 0.2) is 11.6 Å². The van der Waals surface area contributed by atoms with E-state index in [1.54, 1.807) is 13.0 Å². The number of nitrogens with two attached hydrogens (primary N) is 1. The first-order valence-electron chi connectivity index (χ1n) is 4.66. The van der Waals surface area contributed by atoms with E-state index in [1.807, 2.05) is 30.3 Å². The highest BCUT2D eigenvalue weighted by Gasteiger charge is 2.01. The Labute approximate surface area is 88.3 Å². The van der Waals surface area contributed by atoms with Gasteiger partial charge in [0.2, 0.25) is 0 Å². The molecule has 3 N–H and O–H groups in total. The van der Waals surface area contributed by atoms with Crippen LogP contribution in [0.15, 0.2) is 40.9 Å². The zero-order chi connectivity index (χ0) is 11.1. The van der Waals surface area contributed by atoms with E-state index < -0.39 is 0 Å². The second kappa shape index (κ2) is 5.82. The van der Waals surface area contributed by atoms with E-state index in [0.717, 1.165) is 5.56 Å². The number of nitrogens with zero attached hydrogens (tertiary/aromatic N) is 1. The molecular weight excluding hydrogens is 192 g/mol. The van der Waals surface area contributed by atoms with E-state index in [1.165, 1.54) is 0 Å². The number of benzene rings is 1. The van der Waals surface area contributed by atoms with Crippen molar-refractivity contribution in [3.8, 4) is 11.3 Å². The Morgan fingerprint density at radius 3 is 2.40 bits per heavy atom. The van der Waals surface area contributed by atoms with Crippen molar-refractivity contribution < 1.29 is 9.63 Å². The largest absolute Gasteiger partial charge is 0.397 e. The van der Waals surface area contributed by atoms with Gasteiger partial charge in [0.25, 0.3) is 0 Å². The van der Waals surface area contributed by atoms with Gasteiger partial charge in [0, 0.05) is 18.2 Å². The molecule has 80 valence electrons. The van der Waals surface area contributed by atoms with Gasteiger partial charge in [-0.25, -0.2) is 0 Å². The molecule has 2 aromatic rings. The van der Waals surface area contributed by atoms with Crippen molar-refractivity contribution in [2.75, 3.05) is 12.3 Å². The van der Waals surface area contributed by atoms with Crippen LogP contribution in [0.5, 0.6) is 0 Å². The highest BCUT2D eigenvalue weighted by molar-refractivity contribution is 5.59. The van der Waals surface area contributed by atoms with Crippen LogP contribution in [0.2, 0.25) is 0 Å². The summed E-state index contributed by atoms with van der Waals surface area (Å²) in [6.45, 7) is 1.93. The zero-order valence-corrected chi connectivity index (χ0v) is 8.55. The molecular formula is C11H14N2O2. The molecule has 4 nitrogen and oxygen atoms in total. The molecule has 0 atom stereocenters. The molecule has 15 heavy (non-hydrogen) atoms. The fourth-order valence-electron chi connectivity index (χ4n) is 1.03. The SMILES string of the molecule is CCO.Nc1cc(-c2ccccc2)on1. The number of aliphatic hydroxyl groups excluding tert-OH is 1. The van der Waals surface area contributed by atoms with Crippen molar-refractivity contribution in [1.29, 1.82) is 0 Å². The lowest BCUT2D eigenvalue weighted by Gasteiger charge is -1.90. The number of rotatable bonds is 1. The molecule has 0 fully saturated rings. The van der Waals surface area contributed by atoms with E-state index in [4.69, 9.17) is 15.4 Å². The molecule has 2 rings (SSSR count). The third kappa shape index (κ3) is 3.44. The monoisotopic (exact) mass is 206 g/mol. The fraction of sp³-hybridized carbons (Fsp3) is 0.182. The Morgan fingerprint density at radius 2 is 1.93 bits per heavy atom. The average Bonchev–Trinajstić information content (AvgIpc) is 2.67. The van der Waals surface area contributed by atoms with E-state index >= 15 is 0 Å². The van der Waals surface area contributed by atoms with Gasteiger partial charge >= 0.3 is 0 Å². The summed E-state index contributed by atoms with van der Waals surface area (Å²) in [5.74, 6) is 1.11. The van der Waals surface area contributed by atoms with Gasteiger partial charge in [-0.15, -0.1) is 0 Å². The summed E-state index contributed by atoms with van der Waals surface area (Å²) in [6.07, 6.45) is 0. The summed E-state index contributed by atoms with van der Waals surface area (Å²) >= 11 is 0. The number of aromatic nitrogens is 1. The smallest absolute Gasteiger partial charge is 0.169 e. The minimum absolute atomic E-state index is 0.250. The number of anilines is 1. The molecule has 0 amide bonds. The van der Waals surface area contributed by atoms with Crippen molar-refractivity contribution in [2.45, 2.75) is 6.92 Å². The summed E-state index contributed by atoms with van der Waals surface area (Å²) < 4.78 is 4.98. The molecule has 0 unspecified atom stereocenters. The molecule has 0 spiro atoms. The van der Waals surface area contributed by atoms with Crippen LogP contribution in [-0.4, -0.2) is 16.9 Å². The molecule has 1 aromatic heterocycles. The average molecular weight is 206 g/mol. The standard InChI is InChI=1S/C9H8N2O.C2H6O/c10-9-6-8(12-11-9)7-4-2-1-3-5-7;1-2-3/h1-6H,(H2,10,11);3H,2H2,1H3. The van der Waals surface area contributed by atoms with Crippen LogP contribution >= 0.6 is 0 Å². The van der Waals surface area contributed by atoms with Crippen LogP contribution in [0.4, 0.5) is 5.82 Å². The molecule has 0 saturated heterocycles. The summed E-state index contributed by atoms with van der Waals surface area (Å²) in [5, 5.41) is 11.2. The highest BCUT2D eigenvalue weighted by Crippen LogP contribution is 2.19. The van der Waals surface area contributed by atoms with Gasteiger partial charge in [-0.05, 0) is 6.92 Å². The second-order valence-electron chi connectivity index (χ2n) is 2.80. The van der Waals surface area contributed by atoms with Crippen LogP contribution in [0.25, 0.3) is 11.3 Å². The van der Waals surface area contributed by atoms with E-state index in [9.17, 15) is 0 Å². The molecule has 0 aliphatic carbocycles. The Kier molecular flexibility index (Phi) is 4.37. The minimum atomic E-state index is 0.250. The predicted octanol–water partition coefficient (Wildman–Crippen LogP) is 1.92. The van der Waals surface area contributed by atoms with E-state index in [-0.39, 0.29) is 6.61 Å². The molecule has 0 aliphatic heterocycles. The van der Waals surface area contributed by atoms with E-state index in [0.29, 0.717) is 11.6 Å². The Hall–Kier alpha value is -1.81. The Bertz CT molecular complexity index is 384. The van der Waals surface area contributed by atoms with Crippen molar-refractivity contribution in [3.05, 3.63) is 36.4 Å². The Morgan fingerprint density at radius 1 is 1.33 bits per heavy atom. The summed E-state index contributed by atoms with van der Waals surface area (Å²) in [6, 6.07) is 11.4. The fourth-order valence-corrected chi connectivity index (χ4v) is 1.03. The first kappa shape index (κ1) is 11.3. The van der Waals surface area contributed by atoms with Gasteiger partial charge in [-0.1, -0.05) is 35.5 Å².